The first-order valence-corrected chi connectivity index (χ1v) is 7.77. The number of hydrogen-bond acceptors (Lipinski definition) is 6. The topological polar surface area (TPSA) is 105 Å². The summed E-state index contributed by atoms with van der Waals surface area (Å²) in [4.78, 5) is 23.5. The molecule has 0 saturated carbocycles. The van der Waals surface area contributed by atoms with Gasteiger partial charge < -0.3 is 4.74 Å². The normalized spacial score (nSPS) is 11.4. The first-order valence-electron chi connectivity index (χ1n) is 7.77. The molecule has 9 nitrogen and oxygen atoms in total. The Labute approximate surface area is 154 Å². The first-order chi connectivity index (χ1) is 13.2. The number of aryl methyl sites for hydroxylation is 1. The molecule has 12 heteroatoms. The lowest BCUT2D eigenvalue weighted by Crippen LogP contribution is -2.25. The van der Waals surface area contributed by atoms with Gasteiger partial charge in [-0.25, -0.2) is 4.79 Å². The zero-order chi connectivity index (χ0) is 20.5. The fraction of sp³-hybridized carbons (Fsp3) is 0.188. The molecule has 0 unspecified atom stereocenters. The second-order valence-electron chi connectivity index (χ2n) is 5.71. The number of benzene rings is 2. The second-order valence-corrected chi connectivity index (χ2v) is 5.71. The standard InChI is InChI=1S/C16H12F3N5O4/c1-10-8-11(6-7-12(10)24(26)27)9-22-21-20-15(25)23(22)13-4-2-3-5-14(13)28-16(17,18)19/h2-8H,9H2,1H3. The molecule has 0 saturated heterocycles. The smallest absolute Gasteiger partial charge is 0.403 e. The summed E-state index contributed by atoms with van der Waals surface area (Å²) in [5, 5.41) is 17.9. The molecule has 0 bridgehead atoms. The van der Waals surface area contributed by atoms with Crippen LogP contribution in [0.5, 0.6) is 5.75 Å². The van der Waals surface area contributed by atoms with E-state index < -0.39 is 22.7 Å². The van der Waals surface area contributed by atoms with E-state index in [9.17, 15) is 28.1 Å². The number of nitrogens with zero attached hydrogens (tertiary/aromatic N) is 5. The summed E-state index contributed by atoms with van der Waals surface area (Å²) in [5.41, 5.74) is -0.262. The minimum atomic E-state index is -4.95. The van der Waals surface area contributed by atoms with Crippen LogP contribution in [0.4, 0.5) is 18.9 Å². The second kappa shape index (κ2) is 7.13. The third kappa shape index (κ3) is 4.00. The minimum absolute atomic E-state index is 0.0611. The van der Waals surface area contributed by atoms with Gasteiger partial charge in [0.2, 0.25) is 0 Å². The van der Waals surface area contributed by atoms with Crippen molar-refractivity contribution in [1.29, 1.82) is 0 Å². The number of halogens is 3. The molecule has 0 N–H and O–H groups in total. The van der Waals surface area contributed by atoms with Gasteiger partial charge in [-0.1, -0.05) is 23.3 Å². The Bertz CT molecular complexity index is 1090. The summed E-state index contributed by atoms with van der Waals surface area (Å²) in [6.45, 7) is 1.48. The van der Waals surface area contributed by atoms with Gasteiger partial charge in [-0.05, 0) is 35.9 Å². The zero-order valence-electron chi connectivity index (χ0n) is 14.3. The molecule has 0 spiro atoms. The maximum Gasteiger partial charge on any atom is 0.573 e. The van der Waals surface area contributed by atoms with Gasteiger partial charge in [-0.2, -0.15) is 9.48 Å². The van der Waals surface area contributed by atoms with Crippen LogP contribution in [-0.4, -0.2) is 31.1 Å². The van der Waals surface area contributed by atoms with E-state index in [1.165, 1.54) is 36.4 Å². The van der Waals surface area contributed by atoms with Crippen molar-refractivity contribution < 1.29 is 22.8 Å². The third-order valence-electron chi connectivity index (χ3n) is 3.75. The van der Waals surface area contributed by atoms with E-state index in [1.807, 2.05) is 0 Å². The van der Waals surface area contributed by atoms with Gasteiger partial charge in [0.1, 0.15) is 5.69 Å². The largest absolute Gasteiger partial charge is 0.573 e. The summed E-state index contributed by atoms with van der Waals surface area (Å²) >= 11 is 0. The van der Waals surface area contributed by atoms with Crippen molar-refractivity contribution in [2.75, 3.05) is 0 Å². The van der Waals surface area contributed by atoms with Crippen molar-refractivity contribution in [2.24, 2.45) is 0 Å². The van der Waals surface area contributed by atoms with E-state index in [2.05, 4.69) is 15.0 Å². The molecule has 0 aliphatic carbocycles. The van der Waals surface area contributed by atoms with Crippen LogP contribution in [0.3, 0.4) is 0 Å². The Morgan fingerprint density at radius 3 is 2.57 bits per heavy atom. The summed E-state index contributed by atoms with van der Waals surface area (Å²) in [6, 6.07) is 9.34. The Balaban J connectivity index is 2.02. The van der Waals surface area contributed by atoms with Crippen molar-refractivity contribution in [3.05, 3.63) is 74.2 Å². The Morgan fingerprint density at radius 1 is 1.21 bits per heavy atom. The highest BCUT2D eigenvalue weighted by atomic mass is 19.4. The van der Waals surface area contributed by atoms with Crippen LogP contribution >= 0.6 is 0 Å². The molecule has 1 aromatic heterocycles. The molecule has 2 aromatic carbocycles. The van der Waals surface area contributed by atoms with Gasteiger partial charge in [0.25, 0.3) is 5.69 Å². The van der Waals surface area contributed by atoms with E-state index >= 15 is 0 Å². The van der Waals surface area contributed by atoms with Gasteiger partial charge in [0.05, 0.1) is 11.5 Å². The van der Waals surface area contributed by atoms with Crippen molar-refractivity contribution >= 4 is 5.69 Å². The molecule has 1 heterocycles. The van der Waals surface area contributed by atoms with E-state index in [4.69, 9.17) is 0 Å². The average Bonchev–Trinajstić information content (AvgIpc) is 2.94. The summed E-state index contributed by atoms with van der Waals surface area (Å²) in [5.74, 6) is -0.597. The maximum absolute atomic E-state index is 12.7. The molecule has 3 aromatic rings. The number of nitro benzene ring substituents is 1. The average molecular weight is 395 g/mol. The van der Waals surface area contributed by atoms with Crippen LogP contribution in [0.25, 0.3) is 5.69 Å². The fourth-order valence-corrected chi connectivity index (χ4v) is 2.63. The van der Waals surface area contributed by atoms with Gasteiger partial charge >= 0.3 is 12.1 Å². The summed E-state index contributed by atoms with van der Waals surface area (Å²) in [7, 11) is 0. The molecule has 3 rings (SSSR count). The lowest BCUT2D eigenvalue weighted by Gasteiger charge is -2.15. The molecule has 0 aliphatic rings. The quantitative estimate of drug-likeness (QED) is 0.486. The van der Waals surface area contributed by atoms with Crippen LogP contribution in [0, 0.1) is 17.0 Å². The van der Waals surface area contributed by atoms with Crippen molar-refractivity contribution in [1.82, 2.24) is 19.8 Å². The SMILES string of the molecule is Cc1cc(Cn2nnc(=O)n2-c2ccccc2OC(F)(F)F)ccc1[N+](=O)[O-]. The van der Waals surface area contributed by atoms with Crippen LogP contribution < -0.4 is 10.4 Å². The minimum Gasteiger partial charge on any atom is -0.403 e. The van der Waals surface area contributed by atoms with Crippen molar-refractivity contribution in [3.8, 4) is 11.4 Å². The maximum atomic E-state index is 12.7. The Morgan fingerprint density at radius 2 is 1.93 bits per heavy atom. The number of ether oxygens (including phenoxy) is 1. The predicted octanol–water partition coefficient (Wildman–Crippen LogP) is 2.59. The van der Waals surface area contributed by atoms with Crippen molar-refractivity contribution in [2.45, 2.75) is 19.8 Å². The van der Waals surface area contributed by atoms with Crippen LogP contribution in [-0.2, 0) is 6.54 Å². The number of hydrogen-bond donors (Lipinski definition) is 0. The molecular formula is C16H12F3N5O4. The number of aromatic nitrogens is 4. The van der Waals surface area contributed by atoms with E-state index in [0.717, 1.165) is 15.5 Å². The molecule has 0 amide bonds. The Hall–Kier alpha value is -3.70. The van der Waals surface area contributed by atoms with Crippen molar-refractivity contribution in [3.63, 3.8) is 0 Å². The first kappa shape index (κ1) is 19.1. The number of tetrazole rings is 1. The lowest BCUT2D eigenvalue weighted by atomic mass is 10.1. The van der Waals surface area contributed by atoms with Crippen LogP contribution in [0.1, 0.15) is 11.1 Å². The molecule has 146 valence electrons. The molecule has 0 aliphatic heterocycles. The predicted molar refractivity (Wildman–Crippen MR) is 89.2 cm³/mol. The Kier molecular flexibility index (Phi) is 4.86. The number of rotatable bonds is 5. The molecule has 0 fully saturated rings. The number of para-hydroxylation sites is 2. The number of nitro groups is 1. The van der Waals surface area contributed by atoms with Gasteiger partial charge in [0.15, 0.2) is 5.75 Å². The van der Waals surface area contributed by atoms with Gasteiger partial charge in [-0.15, -0.1) is 13.2 Å². The third-order valence-corrected chi connectivity index (χ3v) is 3.75. The highest BCUT2D eigenvalue weighted by molar-refractivity contribution is 5.46. The fourth-order valence-electron chi connectivity index (χ4n) is 2.63. The number of alkyl halides is 3. The van der Waals surface area contributed by atoms with E-state index in [1.54, 1.807) is 6.92 Å². The summed E-state index contributed by atoms with van der Waals surface area (Å²) < 4.78 is 42.8. The lowest BCUT2D eigenvalue weighted by molar-refractivity contribution is -0.385. The van der Waals surface area contributed by atoms with Crippen LogP contribution in [0.2, 0.25) is 0 Å². The highest BCUT2D eigenvalue weighted by Gasteiger charge is 2.32. The highest BCUT2D eigenvalue weighted by Crippen LogP contribution is 2.28. The summed E-state index contributed by atoms with van der Waals surface area (Å²) in [6.07, 6.45) is -4.95. The van der Waals surface area contributed by atoms with Crippen LogP contribution in [0.15, 0.2) is 47.3 Å². The molecular weight excluding hydrogens is 383 g/mol. The van der Waals surface area contributed by atoms with E-state index in [-0.39, 0.29) is 17.9 Å². The van der Waals surface area contributed by atoms with E-state index in [0.29, 0.717) is 11.1 Å². The van der Waals surface area contributed by atoms with Gasteiger partial charge in [-0.3, -0.25) is 10.1 Å². The molecule has 0 atom stereocenters. The molecule has 28 heavy (non-hydrogen) atoms. The monoisotopic (exact) mass is 395 g/mol. The zero-order valence-corrected chi connectivity index (χ0v) is 14.3. The van der Waals surface area contributed by atoms with Gasteiger partial charge in [0, 0.05) is 11.6 Å². The molecule has 0 radical (unpaired) electrons.